The Kier molecular flexibility index (Phi) is 7.13. The van der Waals surface area contributed by atoms with Crippen molar-refractivity contribution >= 4 is 58.3 Å². The molecule has 4 aromatic heterocycles. The number of rotatable bonds is 4. The number of hydrogen-bond donors (Lipinski definition) is 4. The minimum absolute atomic E-state index is 0.0418. The van der Waals surface area contributed by atoms with Crippen molar-refractivity contribution in [2.24, 2.45) is 0 Å². The monoisotopic (exact) mass is 652 g/mol. The highest BCUT2D eigenvalue weighted by molar-refractivity contribution is 6.90. The van der Waals surface area contributed by atoms with Gasteiger partial charge in [-0.25, -0.2) is 0 Å². The third-order valence-corrected chi connectivity index (χ3v) is 9.32. The van der Waals surface area contributed by atoms with Gasteiger partial charge in [-0.1, -0.05) is 71.6 Å². The summed E-state index contributed by atoms with van der Waals surface area (Å²) in [5.74, 6) is 3.23. The van der Waals surface area contributed by atoms with Gasteiger partial charge >= 0.3 is 13.7 Å². The highest BCUT2D eigenvalue weighted by Gasteiger charge is 2.36. The van der Waals surface area contributed by atoms with Gasteiger partial charge in [-0.15, -0.1) is 0 Å². The van der Waals surface area contributed by atoms with E-state index in [-0.39, 0.29) is 13.7 Å². The van der Waals surface area contributed by atoms with Crippen molar-refractivity contribution in [2.45, 2.75) is 0 Å². The zero-order valence-corrected chi connectivity index (χ0v) is 26.8. The Labute approximate surface area is 288 Å². The second-order valence-corrected chi connectivity index (χ2v) is 12.3. The maximum atomic E-state index is 6.03. The maximum absolute atomic E-state index is 6.03. The number of furan rings is 4. The zero-order valence-electron chi connectivity index (χ0n) is 26.8. The number of anilines is 4. The van der Waals surface area contributed by atoms with Gasteiger partial charge < -0.3 is 39.6 Å². The van der Waals surface area contributed by atoms with Gasteiger partial charge in [-0.05, 0) is 71.6 Å². The summed E-state index contributed by atoms with van der Waals surface area (Å²) in [6, 6.07) is 40.4. The molecule has 0 unspecified atom stereocenters. The van der Waals surface area contributed by atoms with Crippen LogP contribution in [0.4, 0.5) is 22.7 Å². The highest BCUT2D eigenvalue weighted by atomic mass is 16.3. The van der Waals surface area contributed by atoms with Crippen LogP contribution in [-0.2, 0) is 0 Å². The van der Waals surface area contributed by atoms with Crippen LogP contribution in [-0.4, -0.2) is 13.7 Å². The van der Waals surface area contributed by atoms with Crippen molar-refractivity contribution in [3.8, 4) is 45.3 Å². The number of nitrogen functional groups attached to an aromatic ring is 2. The molecule has 50 heavy (non-hydrogen) atoms. The molecule has 0 spiro atoms. The van der Waals surface area contributed by atoms with E-state index in [4.69, 9.17) is 29.1 Å². The summed E-state index contributed by atoms with van der Waals surface area (Å²) in [6.07, 6.45) is 6.76. The van der Waals surface area contributed by atoms with Crippen molar-refractivity contribution in [2.75, 3.05) is 21.9 Å². The molecule has 0 aliphatic carbocycles. The van der Waals surface area contributed by atoms with Crippen LogP contribution in [0.5, 0.6) is 0 Å². The van der Waals surface area contributed by atoms with Crippen molar-refractivity contribution < 1.29 is 17.7 Å². The van der Waals surface area contributed by atoms with Gasteiger partial charge in [0.25, 0.3) is 0 Å². The van der Waals surface area contributed by atoms with E-state index in [1.54, 1.807) is 37.2 Å². The molecular formula is C40H30B2N4O4. The van der Waals surface area contributed by atoms with Crippen LogP contribution in [0.3, 0.4) is 0 Å². The molecule has 8 nitrogen and oxygen atoms in total. The number of fused-ring (bicyclic) bond motifs is 6. The fraction of sp³-hybridized carbons (Fsp3) is 0. The first-order chi connectivity index (χ1) is 24.6. The average molecular weight is 652 g/mol. The molecule has 0 atom stereocenters. The lowest BCUT2D eigenvalue weighted by Gasteiger charge is -2.29. The van der Waals surface area contributed by atoms with E-state index in [9.17, 15) is 0 Å². The highest BCUT2D eigenvalue weighted by Crippen LogP contribution is 2.42. The molecule has 0 saturated carbocycles. The second kappa shape index (κ2) is 12.1. The van der Waals surface area contributed by atoms with E-state index in [1.165, 1.54) is 10.9 Å². The lowest BCUT2D eigenvalue weighted by molar-refractivity contribution is 0.581. The second-order valence-electron chi connectivity index (χ2n) is 12.3. The standard InChI is InChI=1S/C26H18B2N2O2.C14H12N2O2/c1-3-7-17(8-4-1)27-21-11-13-31-25(21)19-16-24-20(15-23(19)29-27)26-22(12-14-32-26)28(30-24)18-9-5-2-6-10-18;15-11-8-10(14-4-2-6-18-14)12(16)7-9(11)13-3-1-5-17-13/h1-16,29-30H;1-8H,15-16H2. The van der Waals surface area contributed by atoms with Gasteiger partial charge in [0.1, 0.15) is 23.0 Å². The molecule has 0 bridgehead atoms. The summed E-state index contributed by atoms with van der Waals surface area (Å²) in [4.78, 5) is 0. The van der Waals surface area contributed by atoms with E-state index in [1.807, 2.05) is 36.4 Å². The Bertz CT molecular complexity index is 2250. The first-order valence-corrected chi connectivity index (χ1v) is 16.4. The Balaban J connectivity index is 0.000000159. The van der Waals surface area contributed by atoms with Gasteiger partial charge in [0.05, 0.1) is 25.1 Å². The summed E-state index contributed by atoms with van der Waals surface area (Å²) in [7, 11) is 0. The van der Waals surface area contributed by atoms with Crippen LogP contribution in [0, 0.1) is 0 Å². The van der Waals surface area contributed by atoms with Gasteiger partial charge in [0.2, 0.25) is 0 Å². The fourth-order valence-electron chi connectivity index (χ4n) is 6.95. The quantitative estimate of drug-likeness (QED) is 0.123. The number of hydrogen-bond acceptors (Lipinski definition) is 8. The van der Waals surface area contributed by atoms with Crippen molar-refractivity contribution in [1.82, 2.24) is 0 Å². The maximum Gasteiger partial charge on any atom is 0.324 e. The third-order valence-electron chi connectivity index (χ3n) is 9.32. The van der Waals surface area contributed by atoms with Gasteiger partial charge in [-0.3, -0.25) is 0 Å². The summed E-state index contributed by atoms with van der Waals surface area (Å²) in [5, 5.41) is 7.48. The third kappa shape index (κ3) is 5.05. The van der Waals surface area contributed by atoms with Crippen molar-refractivity contribution in [3.05, 3.63) is 146 Å². The van der Waals surface area contributed by atoms with Gasteiger partial charge in [-0.2, -0.15) is 0 Å². The van der Waals surface area contributed by atoms with Crippen LogP contribution in [0.2, 0.25) is 0 Å². The van der Waals surface area contributed by atoms with Gasteiger partial charge in [0, 0.05) is 45.0 Å². The van der Waals surface area contributed by atoms with Crippen LogP contribution in [0.15, 0.2) is 164 Å². The SMILES string of the molecule is Nc1cc(-c2ccco2)c(N)cc1-c1ccco1.c1ccc(B2Nc3cc4c(cc3-c3occc32)NB(c2ccccc2)c2ccoc2-4)cc1. The minimum Gasteiger partial charge on any atom is -0.465 e. The predicted molar refractivity (Wildman–Crippen MR) is 203 cm³/mol. The van der Waals surface area contributed by atoms with E-state index in [0.717, 1.165) is 56.1 Å². The van der Waals surface area contributed by atoms with E-state index < -0.39 is 0 Å². The molecule has 6 heterocycles. The molecule has 8 aromatic rings. The first-order valence-electron chi connectivity index (χ1n) is 16.4. The summed E-state index contributed by atoms with van der Waals surface area (Å²) < 4.78 is 22.7. The molecule has 2 aliphatic heterocycles. The summed E-state index contributed by atoms with van der Waals surface area (Å²) in [5.41, 5.74) is 23.8. The normalized spacial score (nSPS) is 12.4. The molecular weight excluding hydrogens is 622 g/mol. The molecule has 2 aliphatic rings. The van der Waals surface area contributed by atoms with Crippen molar-refractivity contribution in [3.63, 3.8) is 0 Å². The molecule has 0 saturated heterocycles. The van der Waals surface area contributed by atoms with Crippen LogP contribution in [0.1, 0.15) is 0 Å². The number of nitrogens with one attached hydrogen (secondary N) is 2. The molecule has 240 valence electrons. The predicted octanol–water partition coefficient (Wildman–Crippen LogP) is 6.64. The van der Waals surface area contributed by atoms with E-state index in [0.29, 0.717) is 22.9 Å². The summed E-state index contributed by atoms with van der Waals surface area (Å²) >= 11 is 0. The smallest absolute Gasteiger partial charge is 0.324 e. The molecule has 6 N–H and O–H groups in total. The Hall–Kier alpha value is -6.67. The van der Waals surface area contributed by atoms with E-state index >= 15 is 0 Å². The van der Waals surface area contributed by atoms with Gasteiger partial charge in [0.15, 0.2) is 0 Å². The molecule has 10 rings (SSSR count). The number of nitrogens with two attached hydrogens (primary N) is 2. The first kappa shape index (κ1) is 29.5. The lowest BCUT2D eigenvalue weighted by atomic mass is 9.48. The molecule has 0 fully saturated rings. The summed E-state index contributed by atoms with van der Waals surface area (Å²) in [6.45, 7) is 0.0837. The largest absolute Gasteiger partial charge is 0.465 e. The lowest BCUT2D eigenvalue weighted by Crippen LogP contribution is -2.52. The Morgan fingerprint density at radius 2 is 0.860 bits per heavy atom. The molecule has 10 heteroatoms. The van der Waals surface area contributed by atoms with Crippen LogP contribution in [0.25, 0.3) is 45.3 Å². The minimum atomic E-state index is 0.0418. The number of benzene rings is 4. The average Bonchev–Trinajstić information content (AvgIpc) is 4.00. The van der Waals surface area contributed by atoms with Crippen LogP contribution >= 0.6 is 0 Å². The Morgan fingerprint density at radius 3 is 1.26 bits per heavy atom. The van der Waals surface area contributed by atoms with E-state index in [2.05, 4.69) is 83.3 Å². The molecule has 4 aromatic carbocycles. The van der Waals surface area contributed by atoms with Crippen molar-refractivity contribution in [1.29, 1.82) is 0 Å². The molecule has 0 amide bonds. The van der Waals surface area contributed by atoms with Crippen LogP contribution < -0.4 is 43.8 Å². The zero-order chi connectivity index (χ0) is 33.6. The topological polar surface area (TPSA) is 129 Å². The fourth-order valence-corrected chi connectivity index (χ4v) is 6.95. The Morgan fingerprint density at radius 1 is 0.420 bits per heavy atom. The molecule has 0 radical (unpaired) electrons.